The molecule has 0 bridgehead atoms. The number of carboxylic acids is 1. The summed E-state index contributed by atoms with van der Waals surface area (Å²) in [6.07, 6.45) is 0. The van der Waals surface area contributed by atoms with Crippen LogP contribution in [0, 0.1) is 6.92 Å². The molecule has 2 atom stereocenters. The molecule has 2 aliphatic rings. The van der Waals surface area contributed by atoms with Crippen molar-refractivity contribution in [1.82, 2.24) is 20.4 Å². The molecule has 162 valence electrons. The number of nitrogens with zero attached hydrogens (tertiary/aromatic N) is 3. The second kappa shape index (κ2) is 9.28. The van der Waals surface area contributed by atoms with Crippen molar-refractivity contribution in [3.8, 4) is 5.75 Å². The Morgan fingerprint density at radius 3 is 2.77 bits per heavy atom. The number of benzene rings is 1. The first-order valence-corrected chi connectivity index (χ1v) is 12.1. The van der Waals surface area contributed by atoms with E-state index in [0.717, 1.165) is 9.35 Å². The minimum Gasteiger partial charge on any atom is -0.484 e. The van der Waals surface area contributed by atoms with Crippen LogP contribution >= 0.6 is 34.9 Å². The van der Waals surface area contributed by atoms with E-state index in [4.69, 9.17) is 4.74 Å². The number of carbonyl (C=O) groups is 3. The number of hydrogen-bond acceptors (Lipinski definition) is 9. The first-order chi connectivity index (χ1) is 14.9. The number of nitrogens with one attached hydrogen (secondary N) is 1. The van der Waals surface area contributed by atoms with Crippen molar-refractivity contribution in [2.24, 2.45) is 0 Å². The Labute approximate surface area is 190 Å². The summed E-state index contributed by atoms with van der Waals surface area (Å²) in [7, 11) is 0. The van der Waals surface area contributed by atoms with Gasteiger partial charge in [-0.3, -0.25) is 14.5 Å². The van der Waals surface area contributed by atoms with Gasteiger partial charge >= 0.3 is 5.97 Å². The van der Waals surface area contributed by atoms with E-state index >= 15 is 0 Å². The number of amides is 2. The monoisotopic (exact) mass is 478 g/mol. The van der Waals surface area contributed by atoms with Crippen molar-refractivity contribution >= 4 is 52.6 Å². The Balaban J connectivity index is 1.38. The molecule has 2 aliphatic heterocycles. The highest BCUT2D eigenvalue weighted by molar-refractivity contribution is 8.01. The smallest absolute Gasteiger partial charge is 0.352 e. The molecule has 1 unspecified atom stereocenters. The van der Waals surface area contributed by atoms with Crippen LogP contribution < -0.4 is 10.1 Å². The van der Waals surface area contributed by atoms with Gasteiger partial charge in [-0.2, -0.15) is 0 Å². The van der Waals surface area contributed by atoms with E-state index in [1.165, 1.54) is 39.8 Å². The Hall–Kier alpha value is -2.57. The summed E-state index contributed by atoms with van der Waals surface area (Å²) in [5.74, 6) is -0.613. The van der Waals surface area contributed by atoms with Crippen LogP contribution in [0.5, 0.6) is 5.75 Å². The van der Waals surface area contributed by atoms with E-state index in [1.807, 2.05) is 13.0 Å². The van der Waals surface area contributed by atoms with Gasteiger partial charge in [-0.1, -0.05) is 41.3 Å². The third-order valence-corrected chi connectivity index (χ3v) is 7.95. The Kier molecular flexibility index (Phi) is 6.49. The van der Waals surface area contributed by atoms with Crippen LogP contribution in [0.4, 0.5) is 0 Å². The first-order valence-electron chi connectivity index (χ1n) is 9.24. The number of fused-ring (bicyclic) bond motifs is 1. The molecule has 9 nitrogen and oxygen atoms in total. The largest absolute Gasteiger partial charge is 0.484 e. The summed E-state index contributed by atoms with van der Waals surface area (Å²) >= 11 is 4.27. The zero-order valence-corrected chi connectivity index (χ0v) is 18.8. The van der Waals surface area contributed by atoms with E-state index in [1.54, 1.807) is 24.3 Å². The lowest BCUT2D eigenvalue weighted by atomic mass is 10.0. The molecule has 4 rings (SSSR count). The van der Waals surface area contributed by atoms with Crippen molar-refractivity contribution in [3.05, 3.63) is 46.6 Å². The second-order valence-electron chi connectivity index (χ2n) is 6.69. The van der Waals surface area contributed by atoms with E-state index < -0.39 is 29.2 Å². The summed E-state index contributed by atoms with van der Waals surface area (Å²) in [5.41, 5.74) is 0.644. The standard InChI is InChI=1S/C19H18N4O5S3/c1-10-21-22-19(31-10)30-9-11-8-29-17-14(16(25)23(17)15(11)18(26)27)20-13(24)7-28-12-5-3-2-4-6-12/h2-6,14,17H,7-9H2,1H3,(H,20,24)(H,26,27)/t14?,17-/m0/s1. The number of thioether (sulfide) groups is 2. The highest BCUT2D eigenvalue weighted by atomic mass is 32.2. The zero-order chi connectivity index (χ0) is 22.0. The van der Waals surface area contributed by atoms with Crippen molar-refractivity contribution < 1.29 is 24.2 Å². The van der Waals surface area contributed by atoms with E-state index in [2.05, 4.69) is 15.5 Å². The van der Waals surface area contributed by atoms with Crippen LogP contribution in [0.25, 0.3) is 0 Å². The van der Waals surface area contributed by atoms with Crippen LogP contribution in [-0.2, 0) is 14.4 Å². The summed E-state index contributed by atoms with van der Waals surface area (Å²) in [5, 5.41) is 20.8. The third-order valence-electron chi connectivity index (χ3n) is 4.56. The SMILES string of the molecule is Cc1nnc(SCC2=C(C(=O)O)N3C(=O)C(NC(=O)COc4ccccc4)[C@@H]3SC2)s1. The van der Waals surface area contributed by atoms with Gasteiger partial charge < -0.3 is 15.2 Å². The molecule has 0 radical (unpaired) electrons. The molecule has 1 fully saturated rings. The van der Waals surface area contributed by atoms with Crippen LogP contribution in [0.3, 0.4) is 0 Å². The van der Waals surface area contributed by atoms with Crippen LogP contribution in [-0.4, -0.2) is 67.5 Å². The van der Waals surface area contributed by atoms with Gasteiger partial charge in [0.05, 0.1) is 0 Å². The number of aromatic nitrogens is 2. The molecule has 2 N–H and O–H groups in total. The number of β-lactam (4-membered cyclic amide) rings is 1. The van der Waals surface area contributed by atoms with Gasteiger partial charge in [0.1, 0.15) is 27.9 Å². The normalized spacial score (nSPS) is 20.2. The average molecular weight is 479 g/mol. The molecule has 0 spiro atoms. The van der Waals surface area contributed by atoms with Crippen LogP contribution in [0.2, 0.25) is 0 Å². The second-order valence-corrected chi connectivity index (χ2v) is 10.2. The maximum absolute atomic E-state index is 12.7. The fourth-order valence-corrected chi connectivity index (χ4v) is 6.46. The molecule has 12 heteroatoms. The van der Waals surface area contributed by atoms with Gasteiger partial charge in [0, 0.05) is 11.5 Å². The number of rotatable bonds is 8. The van der Waals surface area contributed by atoms with Crippen LogP contribution in [0.1, 0.15) is 5.01 Å². The zero-order valence-electron chi connectivity index (χ0n) is 16.3. The number of carbonyl (C=O) groups excluding carboxylic acids is 2. The molecular formula is C19H18N4O5S3. The minimum absolute atomic E-state index is 0.00600. The molecule has 1 aromatic carbocycles. The third kappa shape index (κ3) is 4.70. The molecule has 31 heavy (non-hydrogen) atoms. The van der Waals surface area contributed by atoms with Gasteiger partial charge in [-0.25, -0.2) is 4.79 Å². The van der Waals surface area contributed by atoms with E-state index in [-0.39, 0.29) is 12.3 Å². The predicted molar refractivity (Wildman–Crippen MR) is 117 cm³/mol. The molecule has 1 aromatic heterocycles. The Morgan fingerprint density at radius 2 is 2.10 bits per heavy atom. The average Bonchev–Trinajstić information content (AvgIpc) is 3.19. The maximum atomic E-state index is 12.7. The summed E-state index contributed by atoms with van der Waals surface area (Å²) in [4.78, 5) is 38.1. The lowest BCUT2D eigenvalue weighted by Crippen LogP contribution is -2.70. The number of aryl methyl sites for hydroxylation is 1. The molecular weight excluding hydrogens is 460 g/mol. The number of hydrogen-bond donors (Lipinski definition) is 2. The van der Waals surface area contributed by atoms with Gasteiger partial charge in [0.2, 0.25) is 0 Å². The molecule has 2 amide bonds. The molecule has 0 aliphatic carbocycles. The lowest BCUT2D eigenvalue weighted by Gasteiger charge is -2.49. The maximum Gasteiger partial charge on any atom is 0.352 e. The highest BCUT2D eigenvalue weighted by Crippen LogP contribution is 2.41. The van der Waals surface area contributed by atoms with E-state index in [0.29, 0.717) is 22.8 Å². The molecule has 2 aromatic rings. The summed E-state index contributed by atoms with van der Waals surface area (Å²) < 4.78 is 6.15. The lowest BCUT2D eigenvalue weighted by molar-refractivity contribution is -0.150. The van der Waals surface area contributed by atoms with Gasteiger partial charge in [0.25, 0.3) is 11.8 Å². The number of ether oxygens (including phenoxy) is 1. The minimum atomic E-state index is -1.15. The highest BCUT2D eigenvalue weighted by Gasteiger charge is 2.54. The van der Waals surface area contributed by atoms with Crippen LogP contribution in [0.15, 0.2) is 45.9 Å². The number of aliphatic carboxylic acids is 1. The van der Waals surface area contributed by atoms with Gasteiger partial charge in [-0.05, 0) is 24.6 Å². The Morgan fingerprint density at radius 1 is 1.32 bits per heavy atom. The number of para-hydroxylation sites is 1. The van der Waals surface area contributed by atoms with Crippen molar-refractivity contribution in [3.63, 3.8) is 0 Å². The fraction of sp³-hybridized carbons (Fsp3) is 0.316. The Bertz CT molecular complexity index is 1040. The summed E-state index contributed by atoms with van der Waals surface area (Å²) in [6, 6.07) is 8.11. The molecule has 1 saturated heterocycles. The van der Waals surface area contributed by atoms with Crippen molar-refractivity contribution in [1.29, 1.82) is 0 Å². The first kappa shape index (κ1) is 21.7. The topological polar surface area (TPSA) is 122 Å². The molecule has 0 saturated carbocycles. The van der Waals surface area contributed by atoms with Gasteiger partial charge in [0.15, 0.2) is 10.9 Å². The summed E-state index contributed by atoms with van der Waals surface area (Å²) in [6.45, 7) is 1.62. The number of carboxylic acid groups (broad SMARTS) is 1. The van der Waals surface area contributed by atoms with Gasteiger partial charge in [-0.15, -0.1) is 22.0 Å². The quantitative estimate of drug-likeness (QED) is 0.432. The molecule has 3 heterocycles. The van der Waals surface area contributed by atoms with Crippen molar-refractivity contribution in [2.45, 2.75) is 22.7 Å². The van der Waals surface area contributed by atoms with Crippen molar-refractivity contribution in [2.75, 3.05) is 18.1 Å². The predicted octanol–water partition coefficient (Wildman–Crippen LogP) is 1.76. The van der Waals surface area contributed by atoms with E-state index in [9.17, 15) is 19.5 Å². The fourth-order valence-electron chi connectivity index (χ4n) is 3.16.